The van der Waals surface area contributed by atoms with E-state index in [0.29, 0.717) is 0 Å². The molecule has 4 heteroatoms. The van der Waals surface area contributed by atoms with E-state index in [1.54, 1.807) is 22.7 Å². The number of aryl methyl sites for hydroxylation is 1. The first-order valence-corrected chi connectivity index (χ1v) is 7.36. The van der Waals surface area contributed by atoms with E-state index in [9.17, 15) is 0 Å². The van der Waals surface area contributed by atoms with Gasteiger partial charge in [-0.05, 0) is 41.8 Å². The highest BCUT2D eigenvalue weighted by molar-refractivity contribution is 7.09. The van der Waals surface area contributed by atoms with Gasteiger partial charge in [0.25, 0.3) is 0 Å². The molecule has 0 amide bonds. The van der Waals surface area contributed by atoms with E-state index in [-0.39, 0.29) is 0 Å². The second-order valence-electron chi connectivity index (χ2n) is 3.64. The Balaban J connectivity index is 1.68. The zero-order chi connectivity index (χ0) is 11.2. The Kier molecular flexibility index (Phi) is 4.51. The molecule has 0 atom stereocenters. The summed E-state index contributed by atoms with van der Waals surface area (Å²) in [7, 11) is 0. The Morgan fingerprint density at radius 2 is 2.31 bits per heavy atom. The molecular weight excluding hydrogens is 236 g/mol. The number of rotatable bonds is 6. The molecular formula is C12H16N2S2. The zero-order valence-corrected chi connectivity index (χ0v) is 11.0. The Labute approximate surface area is 104 Å². The molecule has 2 heterocycles. The molecule has 0 fully saturated rings. The maximum absolute atomic E-state index is 4.52. The Morgan fingerprint density at radius 3 is 3.00 bits per heavy atom. The fourth-order valence-electron chi connectivity index (χ4n) is 1.48. The van der Waals surface area contributed by atoms with Crippen LogP contribution in [0.2, 0.25) is 0 Å². The highest BCUT2D eigenvalue weighted by Crippen LogP contribution is 2.10. The lowest BCUT2D eigenvalue weighted by molar-refractivity contribution is 0.676. The smallest absolute Gasteiger partial charge is 0.0926 e. The third-order valence-electron chi connectivity index (χ3n) is 2.38. The molecule has 0 aliphatic heterocycles. The van der Waals surface area contributed by atoms with Crippen LogP contribution in [-0.2, 0) is 19.4 Å². The van der Waals surface area contributed by atoms with Crippen molar-refractivity contribution in [3.8, 4) is 0 Å². The number of nitrogens with one attached hydrogen (secondary N) is 1. The number of thiophene rings is 1. The van der Waals surface area contributed by atoms with Crippen molar-refractivity contribution >= 4 is 22.7 Å². The van der Waals surface area contributed by atoms with Crippen LogP contribution in [0.4, 0.5) is 0 Å². The lowest BCUT2D eigenvalue weighted by Gasteiger charge is -2.00. The van der Waals surface area contributed by atoms with Gasteiger partial charge in [0.2, 0.25) is 0 Å². The van der Waals surface area contributed by atoms with Gasteiger partial charge >= 0.3 is 0 Å². The Hall–Kier alpha value is -0.710. The standard InChI is InChI=1S/C12H16N2S2/c1-2-12-14-11(9-16-12)7-13-5-3-10-4-6-15-8-10/h4,6,8-9,13H,2-3,5,7H2,1H3. The summed E-state index contributed by atoms with van der Waals surface area (Å²) in [6.45, 7) is 4.06. The van der Waals surface area contributed by atoms with Crippen molar-refractivity contribution < 1.29 is 0 Å². The number of nitrogens with zero attached hydrogens (tertiary/aromatic N) is 1. The van der Waals surface area contributed by atoms with Gasteiger partial charge in [-0.3, -0.25) is 0 Å². The number of hydrogen-bond donors (Lipinski definition) is 1. The first-order chi connectivity index (χ1) is 7.88. The molecule has 0 aliphatic rings. The topological polar surface area (TPSA) is 24.9 Å². The summed E-state index contributed by atoms with van der Waals surface area (Å²) >= 11 is 3.52. The van der Waals surface area contributed by atoms with Gasteiger partial charge in [0.15, 0.2) is 0 Å². The van der Waals surface area contributed by atoms with Gasteiger partial charge < -0.3 is 5.32 Å². The summed E-state index contributed by atoms with van der Waals surface area (Å²) in [5.41, 5.74) is 2.59. The number of thiazole rings is 1. The molecule has 0 aliphatic carbocycles. The molecule has 16 heavy (non-hydrogen) atoms. The summed E-state index contributed by atoms with van der Waals surface area (Å²) in [5.74, 6) is 0. The molecule has 2 rings (SSSR count). The van der Waals surface area contributed by atoms with Gasteiger partial charge in [-0.2, -0.15) is 11.3 Å². The van der Waals surface area contributed by atoms with Crippen LogP contribution >= 0.6 is 22.7 Å². The minimum absolute atomic E-state index is 0.890. The third-order valence-corrected chi connectivity index (χ3v) is 4.15. The van der Waals surface area contributed by atoms with Gasteiger partial charge in [-0.25, -0.2) is 4.98 Å². The van der Waals surface area contributed by atoms with E-state index < -0.39 is 0 Å². The molecule has 2 aromatic rings. The molecule has 0 saturated carbocycles. The van der Waals surface area contributed by atoms with Gasteiger partial charge in [0, 0.05) is 11.9 Å². The van der Waals surface area contributed by atoms with Crippen molar-refractivity contribution in [3.05, 3.63) is 38.5 Å². The molecule has 0 aromatic carbocycles. The average molecular weight is 252 g/mol. The predicted octanol–water partition coefficient (Wildman–Crippen LogP) is 3.10. The predicted molar refractivity (Wildman–Crippen MR) is 71.2 cm³/mol. The molecule has 0 bridgehead atoms. The second-order valence-corrected chi connectivity index (χ2v) is 5.37. The van der Waals surface area contributed by atoms with Crippen LogP contribution in [-0.4, -0.2) is 11.5 Å². The largest absolute Gasteiger partial charge is 0.311 e. The van der Waals surface area contributed by atoms with Crippen molar-refractivity contribution in [3.63, 3.8) is 0 Å². The van der Waals surface area contributed by atoms with Crippen LogP contribution in [0.25, 0.3) is 0 Å². The zero-order valence-electron chi connectivity index (χ0n) is 9.40. The molecule has 0 saturated heterocycles. The molecule has 0 unspecified atom stereocenters. The first-order valence-electron chi connectivity index (χ1n) is 5.53. The van der Waals surface area contributed by atoms with Crippen LogP contribution in [0, 0.1) is 0 Å². The molecule has 1 N–H and O–H groups in total. The first kappa shape index (κ1) is 11.8. The summed E-state index contributed by atoms with van der Waals surface area (Å²) in [6.07, 6.45) is 2.15. The summed E-state index contributed by atoms with van der Waals surface area (Å²) in [5, 5.41) is 11.1. The van der Waals surface area contributed by atoms with Crippen molar-refractivity contribution in [2.45, 2.75) is 26.3 Å². The third kappa shape index (κ3) is 3.40. The maximum Gasteiger partial charge on any atom is 0.0926 e. The van der Waals surface area contributed by atoms with Gasteiger partial charge in [0.1, 0.15) is 0 Å². The summed E-state index contributed by atoms with van der Waals surface area (Å²) in [6, 6.07) is 2.18. The van der Waals surface area contributed by atoms with E-state index in [1.807, 2.05) is 0 Å². The molecule has 86 valence electrons. The van der Waals surface area contributed by atoms with Gasteiger partial charge in [0.05, 0.1) is 10.7 Å². The molecule has 2 nitrogen and oxygen atoms in total. The summed E-state index contributed by atoms with van der Waals surface area (Å²) < 4.78 is 0. The average Bonchev–Trinajstić information content (AvgIpc) is 2.95. The van der Waals surface area contributed by atoms with Crippen LogP contribution in [0.15, 0.2) is 22.2 Å². The van der Waals surface area contributed by atoms with Crippen molar-refractivity contribution in [2.24, 2.45) is 0 Å². The molecule has 0 spiro atoms. The highest BCUT2D eigenvalue weighted by Gasteiger charge is 1.99. The second kappa shape index (κ2) is 6.13. The fraction of sp³-hybridized carbons (Fsp3) is 0.417. The van der Waals surface area contributed by atoms with E-state index in [4.69, 9.17) is 0 Å². The Morgan fingerprint density at radius 1 is 1.38 bits per heavy atom. The minimum atomic E-state index is 0.890. The van der Waals surface area contributed by atoms with Crippen molar-refractivity contribution in [2.75, 3.05) is 6.54 Å². The molecule has 0 radical (unpaired) electrons. The van der Waals surface area contributed by atoms with E-state index in [1.165, 1.54) is 16.3 Å². The number of hydrogen-bond acceptors (Lipinski definition) is 4. The lowest BCUT2D eigenvalue weighted by atomic mass is 10.2. The van der Waals surface area contributed by atoms with Crippen LogP contribution in [0.1, 0.15) is 23.2 Å². The highest BCUT2D eigenvalue weighted by atomic mass is 32.1. The minimum Gasteiger partial charge on any atom is -0.311 e. The van der Waals surface area contributed by atoms with Gasteiger partial charge in [-0.1, -0.05) is 6.92 Å². The maximum atomic E-state index is 4.52. The Bertz CT molecular complexity index is 406. The van der Waals surface area contributed by atoms with Crippen LogP contribution in [0.5, 0.6) is 0 Å². The van der Waals surface area contributed by atoms with E-state index >= 15 is 0 Å². The SMILES string of the molecule is CCc1nc(CNCCc2ccsc2)cs1. The van der Waals surface area contributed by atoms with Crippen LogP contribution in [0.3, 0.4) is 0 Å². The van der Waals surface area contributed by atoms with E-state index in [2.05, 4.69) is 39.4 Å². The van der Waals surface area contributed by atoms with Gasteiger partial charge in [-0.15, -0.1) is 11.3 Å². The van der Waals surface area contributed by atoms with E-state index in [0.717, 1.165) is 25.9 Å². The monoisotopic (exact) mass is 252 g/mol. The number of aromatic nitrogens is 1. The quantitative estimate of drug-likeness (QED) is 0.799. The fourth-order valence-corrected chi connectivity index (χ4v) is 2.92. The lowest BCUT2D eigenvalue weighted by Crippen LogP contribution is -2.16. The van der Waals surface area contributed by atoms with Crippen molar-refractivity contribution in [1.82, 2.24) is 10.3 Å². The van der Waals surface area contributed by atoms with Crippen LogP contribution < -0.4 is 5.32 Å². The normalized spacial score (nSPS) is 10.8. The van der Waals surface area contributed by atoms with Crippen molar-refractivity contribution in [1.29, 1.82) is 0 Å². The molecule has 2 aromatic heterocycles. The summed E-state index contributed by atoms with van der Waals surface area (Å²) in [4.78, 5) is 4.52.